The molecule has 0 spiro atoms. The standard InChI is InChI=1S/C11H19N3O2/c12-9(8-1-2-8)7-11(16)14-5-3-10(15)13-4-6-14/h8-9H,1-7,12H2,(H,13,15). The summed E-state index contributed by atoms with van der Waals surface area (Å²) >= 11 is 0. The van der Waals surface area contributed by atoms with Crippen molar-refractivity contribution in [3.05, 3.63) is 0 Å². The predicted molar refractivity (Wildman–Crippen MR) is 59.5 cm³/mol. The fourth-order valence-corrected chi connectivity index (χ4v) is 2.04. The first kappa shape index (κ1) is 11.4. The number of carbonyl (C=O) groups excluding carboxylic acids is 2. The van der Waals surface area contributed by atoms with Crippen LogP contribution in [0.15, 0.2) is 0 Å². The summed E-state index contributed by atoms with van der Waals surface area (Å²) in [6, 6.07) is 0.0133. The van der Waals surface area contributed by atoms with Gasteiger partial charge in [0.05, 0.1) is 0 Å². The van der Waals surface area contributed by atoms with E-state index >= 15 is 0 Å². The Kier molecular flexibility index (Phi) is 3.43. The summed E-state index contributed by atoms with van der Waals surface area (Å²) in [7, 11) is 0. The first-order valence-corrected chi connectivity index (χ1v) is 5.97. The molecule has 0 aromatic rings. The minimum absolute atomic E-state index is 0.0133. The molecule has 1 saturated heterocycles. The highest BCUT2D eigenvalue weighted by Gasteiger charge is 2.31. The van der Waals surface area contributed by atoms with Gasteiger partial charge in [-0.05, 0) is 18.8 Å². The number of hydrogen-bond acceptors (Lipinski definition) is 3. The number of nitrogens with two attached hydrogens (primary N) is 1. The van der Waals surface area contributed by atoms with E-state index in [4.69, 9.17) is 5.73 Å². The molecule has 16 heavy (non-hydrogen) atoms. The molecule has 90 valence electrons. The molecule has 2 aliphatic rings. The van der Waals surface area contributed by atoms with E-state index in [2.05, 4.69) is 5.32 Å². The van der Waals surface area contributed by atoms with Gasteiger partial charge in [0.15, 0.2) is 0 Å². The molecule has 1 saturated carbocycles. The van der Waals surface area contributed by atoms with Gasteiger partial charge in [0.25, 0.3) is 0 Å². The van der Waals surface area contributed by atoms with Crippen molar-refractivity contribution in [1.29, 1.82) is 0 Å². The molecule has 2 fully saturated rings. The predicted octanol–water partition coefficient (Wildman–Crippen LogP) is -0.538. The Hall–Kier alpha value is -1.10. The van der Waals surface area contributed by atoms with E-state index in [0.29, 0.717) is 38.4 Å². The van der Waals surface area contributed by atoms with E-state index in [1.165, 1.54) is 0 Å². The van der Waals surface area contributed by atoms with Crippen molar-refractivity contribution in [1.82, 2.24) is 10.2 Å². The lowest BCUT2D eigenvalue weighted by Crippen LogP contribution is -2.38. The zero-order valence-electron chi connectivity index (χ0n) is 9.45. The number of carbonyl (C=O) groups is 2. The molecule has 1 unspecified atom stereocenters. The van der Waals surface area contributed by atoms with E-state index in [-0.39, 0.29) is 17.9 Å². The highest BCUT2D eigenvalue weighted by atomic mass is 16.2. The van der Waals surface area contributed by atoms with Crippen LogP contribution in [-0.2, 0) is 9.59 Å². The van der Waals surface area contributed by atoms with Crippen LogP contribution in [0.2, 0.25) is 0 Å². The molecule has 2 amide bonds. The lowest BCUT2D eigenvalue weighted by Gasteiger charge is -2.21. The van der Waals surface area contributed by atoms with E-state index in [1.807, 2.05) is 0 Å². The van der Waals surface area contributed by atoms with Crippen molar-refractivity contribution in [2.45, 2.75) is 31.7 Å². The molecule has 3 N–H and O–H groups in total. The molecule has 1 aliphatic heterocycles. The van der Waals surface area contributed by atoms with Crippen LogP contribution in [0.25, 0.3) is 0 Å². The van der Waals surface area contributed by atoms with Crippen LogP contribution in [0.5, 0.6) is 0 Å². The van der Waals surface area contributed by atoms with Crippen molar-refractivity contribution in [2.75, 3.05) is 19.6 Å². The molecule has 0 aromatic heterocycles. The second kappa shape index (κ2) is 4.82. The molecule has 2 rings (SSSR count). The largest absolute Gasteiger partial charge is 0.354 e. The molecule has 1 heterocycles. The molecule has 0 bridgehead atoms. The van der Waals surface area contributed by atoms with Crippen molar-refractivity contribution >= 4 is 11.8 Å². The smallest absolute Gasteiger partial charge is 0.224 e. The summed E-state index contributed by atoms with van der Waals surface area (Å²) in [5.74, 6) is 0.674. The first-order valence-electron chi connectivity index (χ1n) is 5.97. The second-order valence-corrected chi connectivity index (χ2v) is 4.69. The Balaban J connectivity index is 1.80. The molecule has 0 radical (unpaired) electrons. The summed E-state index contributed by atoms with van der Waals surface area (Å²) in [5, 5.41) is 2.75. The van der Waals surface area contributed by atoms with Gasteiger partial charge in [0, 0.05) is 38.5 Å². The van der Waals surface area contributed by atoms with Gasteiger partial charge in [-0.3, -0.25) is 9.59 Å². The zero-order valence-corrected chi connectivity index (χ0v) is 9.45. The Morgan fingerprint density at radius 3 is 2.94 bits per heavy atom. The van der Waals surface area contributed by atoms with Gasteiger partial charge in [-0.1, -0.05) is 0 Å². The first-order chi connectivity index (χ1) is 7.66. The van der Waals surface area contributed by atoms with Crippen molar-refractivity contribution in [3.8, 4) is 0 Å². The van der Waals surface area contributed by atoms with Gasteiger partial charge in [-0.25, -0.2) is 0 Å². The minimum atomic E-state index is 0.0133. The van der Waals surface area contributed by atoms with Gasteiger partial charge < -0.3 is 16.0 Å². The fourth-order valence-electron chi connectivity index (χ4n) is 2.04. The van der Waals surface area contributed by atoms with Crippen LogP contribution in [-0.4, -0.2) is 42.4 Å². The third-order valence-electron chi connectivity index (χ3n) is 3.30. The maximum atomic E-state index is 11.9. The van der Waals surface area contributed by atoms with E-state index in [0.717, 1.165) is 12.8 Å². The molecule has 1 aliphatic carbocycles. The number of hydrogen-bond donors (Lipinski definition) is 2. The van der Waals surface area contributed by atoms with Crippen molar-refractivity contribution < 1.29 is 9.59 Å². The van der Waals surface area contributed by atoms with E-state index < -0.39 is 0 Å². The lowest BCUT2D eigenvalue weighted by molar-refractivity contribution is -0.131. The fraction of sp³-hybridized carbons (Fsp3) is 0.818. The summed E-state index contributed by atoms with van der Waals surface area (Å²) in [4.78, 5) is 24.8. The van der Waals surface area contributed by atoms with Gasteiger partial charge in [-0.2, -0.15) is 0 Å². The van der Waals surface area contributed by atoms with E-state index in [1.54, 1.807) is 4.90 Å². The van der Waals surface area contributed by atoms with E-state index in [9.17, 15) is 9.59 Å². The average molecular weight is 225 g/mol. The highest BCUT2D eigenvalue weighted by Crippen LogP contribution is 2.32. The van der Waals surface area contributed by atoms with Gasteiger partial charge >= 0.3 is 0 Å². The maximum Gasteiger partial charge on any atom is 0.224 e. The second-order valence-electron chi connectivity index (χ2n) is 4.69. The Labute approximate surface area is 95.3 Å². The van der Waals surface area contributed by atoms with Gasteiger partial charge in [0.1, 0.15) is 0 Å². The quantitative estimate of drug-likeness (QED) is 0.677. The Morgan fingerprint density at radius 2 is 2.25 bits per heavy atom. The number of nitrogens with zero attached hydrogens (tertiary/aromatic N) is 1. The van der Waals surface area contributed by atoms with Crippen LogP contribution in [0.1, 0.15) is 25.7 Å². The van der Waals surface area contributed by atoms with Crippen LogP contribution >= 0.6 is 0 Å². The molecule has 1 atom stereocenters. The number of rotatable bonds is 3. The number of amides is 2. The molecule has 0 aromatic carbocycles. The van der Waals surface area contributed by atoms with Crippen molar-refractivity contribution in [2.24, 2.45) is 11.7 Å². The topological polar surface area (TPSA) is 75.4 Å². The average Bonchev–Trinajstić information content (AvgIpc) is 3.03. The Morgan fingerprint density at radius 1 is 1.50 bits per heavy atom. The van der Waals surface area contributed by atoms with Crippen molar-refractivity contribution in [3.63, 3.8) is 0 Å². The summed E-state index contributed by atoms with van der Waals surface area (Å²) in [6.07, 6.45) is 3.16. The zero-order chi connectivity index (χ0) is 11.5. The number of nitrogens with one attached hydrogen (secondary N) is 1. The normalized spacial score (nSPS) is 23.6. The summed E-state index contributed by atoms with van der Waals surface area (Å²) < 4.78 is 0. The molecular weight excluding hydrogens is 206 g/mol. The highest BCUT2D eigenvalue weighted by molar-refractivity contribution is 5.80. The Bertz CT molecular complexity index is 289. The van der Waals surface area contributed by atoms with Crippen LogP contribution in [0.4, 0.5) is 0 Å². The third kappa shape index (κ3) is 2.95. The van der Waals surface area contributed by atoms with Crippen LogP contribution in [0.3, 0.4) is 0 Å². The van der Waals surface area contributed by atoms with Crippen LogP contribution < -0.4 is 11.1 Å². The maximum absolute atomic E-state index is 11.9. The molecule has 5 nitrogen and oxygen atoms in total. The summed E-state index contributed by atoms with van der Waals surface area (Å²) in [6.45, 7) is 1.70. The monoisotopic (exact) mass is 225 g/mol. The third-order valence-corrected chi connectivity index (χ3v) is 3.30. The molecule has 5 heteroatoms. The van der Waals surface area contributed by atoms with Gasteiger partial charge in [-0.15, -0.1) is 0 Å². The minimum Gasteiger partial charge on any atom is -0.354 e. The molecular formula is C11H19N3O2. The SMILES string of the molecule is NC(CC(=O)N1CCNC(=O)CC1)C1CC1. The van der Waals surface area contributed by atoms with Crippen LogP contribution in [0, 0.1) is 5.92 Å². The lowest BCUT2D eigenvalue weighted by atomic mass is 10.1. The summed E-state index contributed by atoms with van der Waals surface area (Å²) in [5.41, 5.74) is 5.92. The van der Waals surface area contributed by atoms with Gasteiger partial charge in [0.2, 0.25) is 11.8 Å².